The lowest BCUT2D eigenvalue weighted by Crippen LogP contribution is -2.32. The molecule has 30 heavy (non-hydrogen) atoms. The van der Waals surface area contributed by atoms with Gasteiger partial charge in [-0.1, -0.05) is 48.5 Å². The van der Waals surface area contributed by atoms with E-state index in [0.29, 0.717) is 12.5 Å². The number of nitrogens with one attached hydrogen (secondary N) is 1. The van der Waals surface area contributed by atoms with E-state index in [0.717, 1.165) is 38.3 Å². The Morgan fingerprint density at radius 2 is 1.97 bits per heavy atom. The number of benzene rings is 2. The summed E-state index contributed by atoms with van der Waals surface area (Å²) in [5.41, 5.74) is 10.7. The van der Waals surface area contributed by atoms with Crippen LogP contribution in [0.4, 0.5) is 0 Å². The van der Waals surface area contributed by atoms with Crippen LogP contribution in [0.15, 0.2) is 72.2 Å². The molecule has 2 aromatic carbocycles. The molecule has 1 heterocycles. The first-order chi connectivity index (χ1) is 14.3. The Hall–Kier alpha value is -2.39. The molecule has 0 saturated heterocycles. The largest absolute Gasteiger partial charge is 0.382 e. The number of hydrogen-bond donors (Lipinski definition) is 2. The fourth-order valence-electron chi connectivity index (χ4n) is 3.08. The van der Waals surface area contributed by atoms with E-state index < -0.39 is 0 Å². The molecule has 0 radical (unpaired) electrons. The van der Waals surface area contributed by atoms with Crippen molar-refractivity contribution in [1.82, 2.24) is 14.9 Å². The van der Waals surface area contributed by atoms with Crippen molar-refractivity contribution < 1.29 is 4.74 Å². The zero-order chi connectivity index (χ0) is 20.3. The minimum absolute atomic E-state index is 0. The second-order valence-corrected chi connectivity index (χ2v) is 6.77. The molecule has 0 aliphatic carbocycles. The lowest BCUT2D eigenvalue weighted by molar-refractivity contribution is 0.145. The van der Waals surface area contributed by atoms with E-state index in [4.69, 9.17) is 10.5 Å². The molecule has 3 rings (SSSR count). The van der Waals surface area contributed by atoms with Crippen LogP contribution < -0.4 is 11.1 Å². The Morgan fingerprint density at radius 3 is 2.70 bits per heavy atom. The SMILES string of the molecule is CCOCCCNC(N)=NCc1ccccc1-c1ccc(Cn2ccnc2)cc1.I. The smallest absolute Gasteiger partial charge is 0.188 e. The molecule has 7 heteroatoms. The molecule has 0 aliphatic rings. The molecule has 0 fully saturated rings. The maximum absolute atomic E-state index is 6.00. The molecule has 0 amide bonds. The Labute approximate surface area is 195 Å². The number of rotatable bonds is 10. The van der Waals surface area contributed by atoms with Crippen LogP contribution in [0, 0.1) is 0 Å². The number of imidazole rings is 1. The zero-order valence-corrected chi connectivity index (χ0v) is 19.7. The van der Waals surface area contributed by atoms with Crippen molar-refractivity contribution >= 4 is 29.9 Å². The van der Waals surface area contributed by atoms with E-state index in [1.165, 1.54) is 16.7 Å². The van der Waals surface area contributed by atoms with Crippen molar-refractivity contribution in [2.45, 2.75) is 26.4 Å². The number of nitrogens with zero attached hydrogens (tertiary/aromatic N) is 3. The second kappa shape index (κ2) is 13.0. The Morgan fingerprint density at radius 1 is 1.17 bits per heavy atom. The minimum Gasteiger partial charge on any atom is -0.382 e. The Balaban J connectivity index is 0.00000320. The first kappa shape index (κ1) is 23.9. The van der Waals surface area contributed by atoms with Crippen molar-refractivity contribution in [1.29, 1.82) is 0 Å². The monoisotopic (exact) mass is 519 g/mol. The number of halogens is 1. The van der Waals surface area contributed by atoms with Crippen molar-refractivity contribution in [2.75, 3.05) is 19.8 Å². The molecular formula is C23H30IN5O. The summed E-state index contributed by atoms with van der Waals surface area (Å²) in [4.78, 5) is 8.59. The van der Waals surface area contributed by atoms with Crippen molar-refractivity contribution in [3.63, 3.8) is 0 Å². The van der Waals surface area contributed by atoms with Crippen LogP contribution in [-0.4, -0.2) is 35.3 Å². The highest BCUT2D eigenvalue weighted by Crippen LogP contribution is 2.25. The van der Waals surface area contributed by atoms with Crippen LogP contribution in [0.5, 0.6) is 0 Å². The molecule has 1 aromatic heterocycles. The molecule has 0 saturated carbocycles. The minimum atomic E-state index is 0. The fraction of sp³-hybridized carbons (Fsp3) is 0.304. The number of ether oxygens (including phenoxy) is 1. The summed E-state index contributed by atoms with van der Waals surface area (Å²) < 4.78 is 7.38. The third-order valence-corrected chi connectivity index (χ3v) is 4.60. The standard InChI is InChI=1S/C23H29N5O.HI/c1-2-29-15-5-12-26-23(24)27-16-21-6-3-4-7-22(21)20-10-8-19(9-11-20)17-28-14-13-25-18-28;/h3-4,6-11,13-14,18H,2,5,12,15-17H2,1H3,(H3,24,26,27);1H. The summed E-state index contributed by atoms with van der Waals surface area (Å²) >= 11 is 0. The average Bonchev–Trinajstić information content (AvgIpc) is 3.26. The van der Waals surface area contributed by atoms with E-state index in [2.05, 4.69) is 62.3 Å². The summed E-state index contributed by atoms with van der Waals surface area (Å²) in [6, 6.07) is 16.9. The summed E-state index contributed by atoms with van der Waals surface area (Å²) in [7, 11) is 0. The maximum Gasteiger partial charge on any atom is 0.188 e. The summed E-state index contributed by atoms with van der Waals surface area (Å²) in [5, 5.41) is 3.14. The number of guanidine groups is 1. The van der Waals surface area contributed by atoms with Gasteiger partial charge < -0.3 is 20.4 Å². The lowest BCUT2D eigenvalue weighted by atomic mass is 9.98. The second-order valence-electron chi connectivity index (χ2n) is 6.77. The first-order valence-corrected chi connectivity index (χ1v) is 10.0. The number of aromatic nitrogens is 2. The van der Waals surface area contributed by atoms with Crippen LogP contribution in [0.3, 0.4) is 0 Å². The Kier molecular flexibility index (Phi) is 10.4. The van der Waals surface area contributed by atoms with Crippen LogP contribution >= 0.6 is 24.0 Å². The highest BCUT2D eigenvalue weighted by atomic mass is 127. The predicted octanol–water partition coefficient (Wildman–Crippen LogP) is 4.05. The lowest BCUT2D eigenvalue weighted by Gasteiger charge is -2.10. The van der Waals surface area contributed by atoms with E-state index in [1.807, 2.05) is 25.5 Å². The molecular weight excluding hydrogens is 489 g/mol. The first-order valence-electron chi connectivity index (χ1n) is 10.0. The fourth-order valence-corrected chi connectivity index (χ4v) is 3.08. The zero-order valence-electron chi connectivity index (χ0n) is 17.3. The van der Waals surface area contributed by atoms with Gasteiger partial charge >= 0.3 is 0 Å². The van der Waals surface area contributed by atoms with Crippen LogP contribution in [0.25, 0.3) is 11.1 Å². The highest BCUT2D eigenvalue weighted by Gasteiger charge is 2.05. The molecule has 0 atom stereocenters. The summed E-state index contributed by atoms with van der Waals surface area (Å²) in [5.74, 6) is 0.465. The normalized spacial score (nSPS) is 11.2. The van der Waals surface area contributed by atoms with Crippen molar-refractivity contribution in [2.24, 2.45) is 10.7 Å². The van der Waals surface area contributed by atoms with Gasteiger partial charge in [0, 0.05) is 38.7 Å². The molecule has 0 bridgehead atoms. The van der Waals surface area contributed by atoms with Crippen LogP contribution in [0.1, 0.15) is 24.5 Å². The van der Waals surface area contributed by atoms with Gasteiger partial charge in [0.25, 0.3) is 0 Å². The van der Waals surface area contributed by atoms with Crippen LogP contribution in [0.2, 0.25) is 0 Å². The van der Waals surface area contributed by atoms with Gasteiger partial charge in [-0.05, 0) is 35.6 Å². The van der Waals surface area contributed by atoms with E-state index in [-0.39, 0.29) is 24.0 Å². The third kappa shape index (κ3) is 7.46. The summed E-state index contributed by atoms with van der Waals surface area (Å²) in [6.07, 6.45) is 6.50. The molecule has 3 N–H and O–H groups in total. The van der Waals surface area contributed by atoms with E-state index >= 15 is 0 Å². The highest BCUT2D eigenvalue weighted by molar-refractivity contribution is 14.0. The van der Waals surface area contributed by atoms with Gasteiger partial charge in [0.1, 0.15) is 0 Å². The van der Waals surface area contributed by atoms with Gasteiger partial charge in [0.15, 0.2) is 5.96 Å². The van der Waals surface area contributed by atoms with Crippen molar-refractivity contribution in [3.8, 4) is 11.1 Å². The molecule has 0 spiro atoms. The predicted molar refractivity (Wildman–Crippen MR) is 133 cm³/mol. The average molecular weight is 519 g/mol. The quantitative estimate of drug-likeness (QED) is 0.184. The van der Waals surface area contributed by atoms with Gasteiger partial charge in [-0.3, -0.25) is 0 Å². The molecule has 6 nitrogen and oxygen atoms in total. The third-order valence-electron chi connectivity index (χ3n) is 4.60. The molecule has 3 aromatic rings. The molecule has 160 valence electrons. The van der Waals surface area contributed by atoms with E-state index in [9.17, 15) is 0 Å². The van der Waals surface area contributed by atoms with Crippen LogP contribution in [-0.2, 0) is 17.8 Å². The Bertz CT molecular complexity index is 894. The topological polar surface area (TPSA) is 77.5 Å². The number of nitrogens with two attached hydrogens (primary N) is 1. The van der Waals surface area contributed by atoms with Gasteiger partial charge in [0.05, 0.1) is 12.9 Å². The van der Waals surface area contributed by atoms with Gasteiger partial charge in [-0.2, -0.15) is 0 Å². The van der Waals surface area contributed by atoms with Gasteiger partial charge in [-0.25, -0.2) is 9.98 Å². The van der Waals surface area contributed by atoms with Gasteiger partial charge in [0.2, 0.25) is 0 Å². The molecule has 0 aliphatic heterocycles. The van der Waals surface area contributed by atoms with Gasteiger partial charge in [-0.15, -0.1) is 24.0 Å². The van der Waals surface area contributed by atoms with E-state index in [1.54, 1.807) is 6.20 Å². The van der Waals surface area contributed by atoms with Crippen molar-refractivity contribution in [3.05, 3.63) is 78.4 Å². The maximum atomic E-state index is 6.00. The number of aliphatic imine (C=N–C) groups is 1. The molecule has 0 unspecified atom stereocenters. The summed E-state index contributed by atoms with van der Waals surface area (Å²) in [6.45, 7) is 5.58. The number of hydrogen-bond acceptors (Lipinski definition) is 3.